The van der Waals surface area contributed by atoms with Crippen molar-refractivity contribution < 1.29 is 9.21 Å². The average molecular weight is 285 g/mol. The second-order valence-corrected chi connectivity index (χ2v) is 5.34. The van der Waals surface area contributed by atoms with Gasteiger partial charge in [-0.1, -0.05) is 30.3 Å². The predicted octanol–water partition coefficient (Wildman–Crippen LogP) is 2.48. The zero-order valence-corrected chi connectivity index (χ0v) is 12.0. The molecule has 1 amide bonds. The molecule has 0 spiro atoms. The lowest BCUT2D eigenvalue weighted by Gasteiger charge is -2.24. The molecule has 5 heteroatoms. The Balaban J connectivity index is 1.59. The summed E-state index contributed by atoms with van der Waals surface area (Å²) >= 11 is 0. The molecule has 0 radical (unpaired) electrons. The minimum Gasteiger partial charge on any atom is -0.417 e. The SMILES string of the molecule is O=C(c1nnc(CCc2ccccc2)o1)N1CCCCC1. The van der Waals surface area contributed by atoms with Crippen molar-refractivity contribution in [2.24, 2.45) is 0 Å². The molecule has 2 heterocycles. The lowest BCUT2D eigenvalue weighted by atomic mass is 10.1. The van der Waals surface area contributed by atoms with Crippen molar-refractivity contribution in [2.45, 2.75) is 32.1 Å². The number of hydrogen-bond acceptors (Lipinski definition) is 4. The molecule has 1 saturated heterocycles. The van der Waals surface area contributed by atoms with E-state index in [-0.39, 0.29) is 11.8 Å². The highest BCUT2D eigenvalue weighted by Gasteiger charge is 2.23. The Morgan fingerprint density at radius 3 is 2.57 bits per heavy atom. The highest BCUT2D eigenvalue weighted by atomic mass is 16.4. The Hall–Kier alpha value is -2.17. The van der Waals surface area contributed by atoms with Gasteiger partial charge in [-0.3, -0.25) is 4.79 Å². The molecule has 0 atom stereocenters. The quantitative estimate of drug-likeness (QED) is 0.866. The Morgan fingerprint density at radius 1 is 1.05 bits per heavy atom. The monoisotopic (exact) mass is 285 g/mol. The van der Waals surface area contributed by atoms with E-state index in [4.69, 9.17) is 4.42 Å². The third kappa shape index (κ3) is 3.48. The molecule has 110 valence electrons. The second kappa shape index (κ2) is 6.52. The fourth-order valence-corrected chi connectivity index (χ4v) is 2.57. The molecule has 5 nitrogen and oxygen atoms in total. The number of piperidine rings is 1. The van der Waals surface area contributed by atoms with Gasteiger partial charge in [0.25, 0.3) is 0 Å². The molecule has 0 aliphatic carbocycles. The number of nitrogens with zero attached hydrogens (tertiary/aromatic N) is 3. The number of carbonyl (C=O) groups excluding carboxylic acids is 1. The lowest BCUT2D eigenvalue weighted by Crippen LogP contribution is -2.35. The van der Waals surface area contributed by atoms with Crippen molar-refractivity contribution in [2.75, 3.05) is 13.1 Å². The van der Waals surface area contributed by atoms with E-state index in [1.807, 2.05) is 18.2 Å². The standard InChI is InChI=1S/C16H19N3O2/c20-16(19-11-5-2-6-12-19)15-18-17-14(21-15)10-9-13-7-3-1-4-8-13/h1,3-4,7-8H,2,5-6,9-12H2. The summed E-state index contributed by atoms with van der Waals surface area (Å²) in [7, 11) is 0. The molecule has 1 aromatic carbocycles. The van der Waals surface area contributed by atoms with E-state index < -0.39 is 0 Å². The minimum absolute atomic E-state index is 0.125. The highest BCUT2D eigenvalue weighted by molar-refractivity contribution is 5.89. The summed E-state index contributed by atoms with van der Waals surface area (Å²) in [5.74, 6) is 0.521. The van der Waals surface area contributed by atoms with E-state index in [1.54, 1.807) is 4.90 Å². The van der Waals surface area contributed by atoms with Gasteiger partial charge in [-0.2, -0.15) is 0 Å². The van der Waals surface area contributed by atoms with Gasteiger partial charge in [0.2, 0.25) is 5.89 Å². The number of aromatic nitrogens is 2. The molecule has 1 aliphatic heterocycles. The van der Waals surface area contributed by atoms with Crippen molar-refractivity contribution in [1.29, 1.82) is 0 Å². The van der Waals surface area contributed by atoms with Crippen molar-refractivity contribution in [1.82, 2.24) is 15.1 Å². The topological polar surface area (TPSA) is 59.2 Å². The van der Waals surface area contributed by atoms with Crippen LogP contribution in [0.2, 0.25) is 0 Å². The number of hydrogen-bond donors (Lipinski definition) is 0. The summed E-state index contributed by atoms with van der Waals surface area (Å²) in [6.45, 7) is 1.58. The first-order valence-corrected chi connectivity index (χ1v) is 7.48. The van der Waals surface area contributed by atoms with Crippen LogP contribution in [0, 0.1) is 0 Å². The summed E-state index contributed by atoms with van der Waals surface area (Å²) in [4.78, 5) is 14.0. The molecule has 21 heavy (non-hydrogen) atoms. The van der Waals surface area contributed by atoms with Crippen molar-refractivity contribution in [3.8, 4) is 0 Å². The average Bonchev–Trinajstić information content (AvgIpc) is 3.03. The first-order valence-electron chi connectivity index (χ1n) is 7.48. The lowest BCUT2D eigenvalue weighted by molar-refractivity contribution is 0.0682. The normalized spacial score (nSPS) is 15.1. The third-order valence-electron chi connectivity index (χ3n) is 3.76. The zero-order chi connectivity index (χ0) is 14.5. The number of amides is 1. The van der Waals surface area contributed by atoms with Crippen LogP contribution in [-0.4, -0.2) is 34.1 Å². The van der Waals surface area contributed by atoms with Crippen LogP contribution in [0.25, 0.3) is 0 Å². The highest BCUT2D eigenvalue weighted by Crippen LogP contribution is 2.13. The molecule has 1 fully saturated rings. The van der Waals surface area contributed by atoms with Crippen LogP contribution in [0.1, 0.15) is 41.4 Å². The van der Waals surface area contributed by atoms with Crippen LogP contribution in [0.4, 0.5) is 0 Å². The van der Waals surface area contributed by atoms with Gasteiger partial charge in [0, 0.05) is 19.5 Å². The maximum atomic E-state index is 12.2. The summed E-state index contributed by atoms with van der Waals surface area (Å²) in [6.07, 6.45) is 4.79. The van der Waals surface area contributed by atoms with Gasteiger partial charge < -0.3 is 9.32 Å². The van der Waals surface area contributed by atoms with Crippen LogP contribution >= 0.6 is 0 Å². The Labute approximate surface area is 124 Å². The van der Waals surface area contributed by atoms with Gasteiger partial charge in [-0.15, -0.1) is 10.2 Å². The molecule has 2 aromatic rings. The van der Waals surface area contributed by atoms with Crippen molar-refractivity contribution >= 4 is 5.91 Å². The molecule has 0 unspecified atom stereocenters. The van der Waals surface area contributed by atoms with Crippen LogP contribution in [0.15, 0.2) is 34.7 Å². The summed E-state index contributed by atoms with van der Waals surface area (Å²) < 4.78 is 5.51. The number of aryl methyl sites for hydroxylation is 2. The van der Waals surface area contributed by atoms with E-state index >= 15 is 0 Å². The summed E-state index contributed by atoms with van der Waals surface area (Å²) in [5, 5.41) is 7.88. The molecular weight excluding hydrogens is 266 g/mol. The maximum Gasteiger partial charge on any atom is 0.311 e. The van der Waals surface area contributed by atoms with E-state index in [9.17, 15) is 4.79 Å². The zero-order valence-electron chi connectivity index (χ0n) is 12.0. The van der Waals surface area contributed by atoms with Gasteiger partial charge in [0.05, 0.1) is 0 Å². The smallest absolute Gasteiger partial charge is 0.311 e. The van der Waals surface area contributed by atoms with Crippen LogP contribution in [-0.2, 0) is 12.8 Å². The Kier molecular flexibility index (Phi) is 4.28. The maximum absolute atomic E-state index is 12.2. The molecule has 1 aliphatic rings. The van der Waals surface area contributed by atoms with E-state index in [0.717, 1.165) is 32.4 Å². The predicted molar refractivity (Wildman–Crippen MR) is 77.9 cm³/mol. The number of carbonyl (C=O) groups is 1. The first kappa shape index (κ1) is 13.8. The molecule has 0 saturated carbocycles. The third-order valence-corrected chi connectivity index (χ3v) is 3.76. The molecule has 0 bridgehead atoms. The van der Waals surface area contributed by atoms with Crippen molar-refractivity contribution in [3.05, 3.63) is 47.7 Å². The first-order chi connectivity index (χ1) is 10.3. The van der Waals surface area contributed by atoms with E-state index in [2.05, 4.69) is 22.3 Å². The number of rotatable bonds is 4. The number of likely N-dealkylation sites (tertiary alicyclic amines) is 1. The minimum atomic E-state index is -0.131. The van der Waals surface area contributed by atoms with Crippen LogP contribution < -0.4 is 0 Å². The van der Waals surface area contributed by atoms with Gasteiger partial charge >= 0.3 is 11.8 Å². The Morgan fingerprint density at radius 2 is 1.81 bits per heavy atom. The van der Waals surface area contributed by atoms with Gasteiger partial charge in [0.15, 0.2) is 0 Å². The fraction of sp³-hybridized carbons (Fsp3) is 0.438. The Bertz CT molecular complexity index is 589. The summed E-state index contributed by atoms with van der Waals surface area (Å²) in [5.41, 5.74) is 1.22. The van der Waals surface area contributed by atoms with E-state index in [1.165, 1.54) is 12.0 Å². The van der Waals surface area contributed by atoms with Gasteiger partial charge in [-0.25, -0.2) is 0 Å². The van der Waals surface area contributed by atoms with Crippen LogP contribution in [0.5, 0.6) is 0 Å². The number of benzene rings is 1. The summed E-state index contributed by atoms with van der Waals surface area (Å²) in [6, 6.07) is 10.1. The molecular formula is C16H19N3O2. The van der Waals surface area contributed by atoms with Crippen molar-refractivity contribution in [3.63, 3.8) is 0 Å². The van der Waals surface area contributed by atoms with Crippen LogP contribution in [0.3, 0.4) is 0 Å². The molecule has 1 aromatic heterocycles. The second-order valence-electron chi connectivity index (χ2n) is 5.34. The van der Waals surface area contributed by atoms with Gasteiger partial charge in [0.1, 0.15) is 0 Å². The molecule has 3 rings (SSSR count). The van der Waals surface area contributed by atoms with Gasteiger partial charge in [-0.05, 0) is 31.2 Å². The largest absolute Gasteiger partial charge is 0.417 e. The van der Waals surface area contributed by atoms with E-state index in [0.29, 0.717) is 12.3 Å². The fourth-order valence-electron chi connectivity index (χ4n) is 2.57. The molecule has 0 N–H and O–H groups in total.